The Morgan fingerprint density at radius 2 is 1.97 bits per heavy atom. The minimum absolute atomic E-state index is 0.108. The van der Waals surface area contributed by atoms with Gasteiger partial charge in [-0.2, -0.15) is 13.8 Å². The largest absolute Gasteiger partial charge is 0.351 e. The molecule has 0 saturated heterocycles. The number of carbonyl (C=O) groups excluding carboxylic acids is 2. The van der Waals surface area contributed by atoms with Gasteiger partial charge in [0.1, 0.15) is 5.69 Å². The molecule has 11 heteroatoms. The van der Waals surface area contributed by atoms with Crippen molar-refractivity contribution in [1.29, 1.82) is 0 Å². The van der Waals surface area contributed by atoms with Crippen LogP contribution in [0.1, 0.15) is 41.6 Å². The van der Waals surface area contributed by atoms with Crippen LogP contribution < -0.4 is 20.4 Å². The number of benzene rings is 1. The highest BCUT2D eigenvalue weighted by atomic mass is 19.3. The molecule has 1 aliphatic carbocycles. The lowest BCUT2D eigenvalue weighted by molar-refractivity contribution is -0.140. The number of likely N-dealkylation sites (N-methyl/N-ethyl adjacent to an activating group) is 1. The standard InChI is InChI=1S/C25H33F2N7O2/c1-16-13-17(22(35)28-11-12-32(2)3)9-10-19(16)30-24-29-14-20-21(31-24)34(18-7-5-6-8-18)15-25(26,27)23(36)33(20)4/h9-10,13-14,18H,5-8,11-12,15H2,1-4H3,(H,28,35)(H,29,30,31). The van der Waals surface area contributed by atoms with Gasteiger partial charge in [0.15, 0.2) is 5.82 Å². The highest BCUT2D eigenvalue weighted by Crippen LogP contribution is 2.39. The van der Waals surface area contributed by atoms with E-state index in [2.05, 4.69) is 20.6 Å². The molecule has 4 rings (SSSR count). The number of nitrogens with one attached hydrogen (secondary N) is 2. The molecule has 0 unspecified atom stereocenters. The second-order valence-corrected chi connectivity index (χ2v) is 9.75. The monoisotopic (exact) mass is 501 g/mol. The molecule has 194 valence electrons. The number of nitrogens with zero attached hydrogens (tertiary/aromatic N) is 5. The molecule has 0 spiro atoms. The first-order chi connectivity index (χ1) is 17.1. The molecule has 1 aliphatic heterocycles. The van der Waals surface area contributed by atoms with E-state index in [1.807, 2.05) is 25.9 Å². The van der Waals surface area contributed by atoms with E-state index >= 15 is 0 Å². The maximum absolute atomic E-state index is 14.8. The Morgan fingerprint density at radius 1 is 1.25 bits per heavy atom. The third kappa shape index (κ3) is 5.40. The quantitative estimate of drug-likeness (QED) is 0.602. The number of carbonyl (C=O) groups is 2. The second kappa shape index (κ2) is 10.3. The molecule has 2 amide bonds. The van der Waals surface area contributed by atoms with Crippen LogP contribution in [0.3, 0.4) is 0 Å². The SMILES string of the molecule is Cc1cc(C(=O)NCCN(C)C)ccc1Nc1ncc2c(n1)N(C1CCCC1)CC(F)(F)C(=O)N2C. The number of hydrogen-bond acceptors (Lipinski definition) is 7. The summed E-state index contributed by atoms with van der Waals surface area (Å²) in [5, 5.41) is 6.03. The van der Waals surface area contributed by atoms with Gasteiger partial charge in [0.25, 0.3) is 11.8 Å². The smallest absolute Gasteiger partial charge is 0.342 e. The number of alkyl halides is 2. The Morgan fingerprint density at radius 3 is 2.64 bits per heavy atom. The summed E-state index contributed by atoms with van der Waals surface area (Å²) in [7, 11) is 5.21. The summed E-state index contributed by atoms with van der Waals surface area (Å²) in [5.41, 5.74) is 2.29. The van der Waals surface area contributed by atoms with Crippen molar-refractivity contribution in [3.8, 4) is 0 Å². The van der Waals surface area contributed by atoms with Crippen LogP contribution in [0.2, 0.25) is 0 Å². The number of aryl methyl sites for hydroxylation is 1. The summed E-state index contributed by atoms with van der Waals surface area (Å²) in [6.07, 6.45) is 4.87. The summed E-state index contributed by atoms with van der Waals surface area (Å²) in [4.78, 5) is 38.3. The van der Waals surface area contributed by atoms with Gasteiger partial charge in [-0.05, 0) is 57.6 Å². The van der Waals surface area contributed by atoms with Crippen LogP contribution in [0.4, 0.5) is 31.9 Å². The summed E-state index contributed by atoms with van der Waals surface area (Å²) >= 11 is 0. The lowest BCUT2D eigenvalue weighted by atomic mass is 10.1. The molecule has 0 bridgehead atoms. The van der Waals surface area contributed by atoms with Crippen LogP contribution in [0.15, 0.2) is 24.4 Å². The molecule has 36 heavy (non-hydrogen) atoms. The number of halogens is 2. The Bertz CT molecular complexity index is 1140. The van der Waals surface area contributed by atoms with Gasteiger partial charge < -0.3 is 25.3 Å². The molecule has 2 N–H and O–H groups in total. The molecular weight excluding hydrogens is 468 g/mol. The fraction of sp³-hybridized carbons (Fsp3) is 0.520. The van der Waals surface area contributed by atoms with Crippen LogP contribution in [-0.2, 0) is 4.79 Å². The van der Waals surface area contributed by atoms with Crippen LogP contribution in [0, 0.1) is 6.92 Å². The molecule has 0 radical (unpaired) electrons. The van der Waals surface area contributed by atoms with E-state index in [4.69, 9.17) is 0 Å². The minimum Gasteiger partial charge on any atom is -0.351 e. The fourth-order valence-electron chi connectivity index (χ4n) is 4.66. The van der Waals surface area contributed by atoms with Crippen LogP contribution in [0.5, 0.6) is 0 Å². The van der Waals surface area contributed by atoms with Gasteiger partial charge in [0, 0.05) is 37.4 Å². The van der Waals surface area contributed by atoms with Crippen molar-refractivity contribution in [1.82, 2.24) is 20.2 Å². The van der Waals surface area contributed by atoms with Gasteiger partial charge in [-0.15, -0.1) is 0 Å². The first-order valence-corrected chi connectivity index (χ1v) is 12.2. The van der Waals surface area contributed by atoms with E-state index in [-0.39, 0.29) is 23.6 Å². The van der Waals surface area contributed by atoms with Gasteiger partial charge in [0.2, 0.25) is 5.95 Å². The Balaban J connectivity index is 1.58. The van der Waals surface area contributed by atoms with Gasteiger partial charge in [0.05, 0.1) is 12.7 Å². The highest BCUT2D eigenvalue weighted by molar-refractivity contribution is 6.02. The van der Waals surface area contributed by atoms with Crippen LogP contribution in [-0.4, -0.2) is 79.4 Å². The zero-order chi connectivity index (χ0) is 26.0. The summed E-state index contributed by atoms with van der Waals surface area (Å²) in [6, 6.07) is 5.14. The number of aromatic nitrogens is 2. The number of hydrogen-bond donors (Lipinski definition) is 2. The normalized spacial score (nSPS) is 17.8. The predicted molar refractivity (Wildman–Crippen MR) is 135 cm³/mol. The number of fused-ring (bicyclic) bond motifs is 1. The molecular formula is C25H33F2N7O2. The summed E-state index contributed by atoms with van der Waals surface area (Å²) in [6.45, 7) is 2.44. The predicted octanol–water partition coefficient (Wildman–Crippen LogP) is 3.18. The fourth-order valence-corrected chi connectivity index (χ4v) is 4.66. The number of rotatable bonds is 7. The van der Waals surface area contributed by atoms with Crippen LogP contribution in [0.25, 0.3) is 0 Å². The zero-order valence-corrected chi connectivity index (χ0v) is 21.1. The van der Waals surface area contributed by atoms with E-state index in [9.17, 15) is 18.4 Å². The van der Waals surface area contributed by atoms with Crippen molar-refractivity contribution in [2.45, 2.75) is 44.6 Å². The van der Waals surface area contributed by atoms with E-state index in [0.29, 0.717) is 23.6 Å². The average molecular weight is 502 g/mol. The third-order valence-corrected chi connectivity index (χ3v) is 6.71. The lowest BCUT2D eigenvalue weighted by Crippen LogP contribution is -2.48. The maximum atomic E-state index is 14.8. The van der Waals surface area contributed by atoms with Crippen molar-refractivity contribution < 1.29 is 18.4 Å². The number of amides is 2. The van der Waals surface area contributed by atoms with Gasteiger partial charge in [-0.25, -0.2) is 4.98 Å². The van der Waals surface area contributed by atoms with E-state index in [0.717, 1.165) is 42.7 Å². The van der Waals surface area contributed by atoms with Crippen molar-refractivity contribution in [3.63, 3.8) is 0 Å². The zero-order valence-electron chi connectivity index (χ0n) is 21.1. The third-order valence-electron chi connectivity index (χ3n) is 6.71. The Kier molecular flexibility index (Phi) is 7.39. The van der Waals surface area contributed by atoms with Gasteiger partial charge >= 0.3 is 5.92 Å². The van der Waals surface area contributed by atoms with Gasteiger partial charge in [-0.1, -0.05) is 12.8 Å². The first kappa shape index (κ1) is 25.7. The van der Waals surface area contributed by atoms with E-state index in [1.54, 1.807) is 23.1 Å². The molecule has 1 aromatic heterocycles. The van der Waals surface area contributed by atoms with Crippen molar-refractivity contribution in [2.75, 3.05) is 55.9 Å². The van der Waals surface area contributed by atoms with Gasteiger partial charge in [-0.3, -0.25) is 9.59 Å². The molecule has 2 aliphatic rings. The summed E-state index contributed by atoms with van der Waals surface area (Å²) in [5.74, 6) is -4.39. The Labute approximate surface area is 209 Å². The van der Waals surface area contributed by atoms with Crippen molar-refractivity contribution in [2.24, 2.45) is 0 Å². The highest BCUT2D eigenvalue weighted by Gasteiger charge is 2.48. The van der Waals surface area contributed by atoms with E-state index < -0.39 is 18.4 Å². The van der Waals surface area contributed by atoms with E-state index in [1.165, 1.54) is 13.2 Å². The maximum Gasteiger partial charge on any atom is 0.342 e. The number of anilines is 4. The van der Waals surface area contributed by atoms with Crippen molar-refractivity contribution in [3.05, 3.63) is 35.5 Å². The summed E-state index contributed by atoms with van der Waals surface area (Å²) < 4.78 is 29.5. The molecule has 2 aromatic rings. The topological polar surface area (TPSA) is 93.7 Å². The molecule has 9 nitrogen and oxygen atoms in total. The molecule has 1 fully saturated rings. The molecule has 1 saturated carbocycles. The molecule has 0 atom stereocenters. The molecule has 2 heterocycles. The minimum atomic E-state index is -3.52. The van der Waals surface area contributed by atoms with Crippen LogP contribution >= 0.6 is 0 Å². The second-order valence-electron chi connectivity index (χ2n) is 9.75. The van der Waals surface area contributed by atoms with Crippen molar-refractivity contribution >= 4 is 35.0 Å². The Hall–Kier alpha value is -3.34. The average Bonchev–Trinajstić information content (AvgIpc) is 3.35. The first-order valence-electron chi connectivity index (χ1n) is 12.2. The lowest BCUT2D eigenvalue weighted by Gasteiger charge is -2.31. The molecule has 1 aromatic carbocycles.